The lowest BCUT2D eigenvalue weighted by molar-refractivity contribution is -0.126. The molecule has 120 valence electrons. The number of aromatic nitrogens is 1. The van der Waals surface area contributed by atoms with Crippen molar-refractivity contribution in [1.82, 2.24) is 10.5 Å². The van der Waals surface area contributed by atoms with Crippen LogP contribution in [0.5, 0.6) is 0 Å². The quantitative estimate of drug-likeness (QED) is 0.936. The number of carbonyl (C=O) groups is 2. The minimum atomic E-state index is -0.358. The predicted octanol–water partition coefficient (Wildman–Crippen LogP) is 1.96. The highest BCUT2D eigenvalue weighted by molar-refractivity contribution is 5.99. The zero-order valence-corrected chi connectivity index (χ0v) is 13.2. The highest BCUT2D eigenvalue weighted by Gasteiger charge is 2.36. The average Bonchev–Trinajstić information content (AvgIpc) is 3.12. The van der Waals surface area contributed by atoms with Gasteiger partial charge in [-0.1, -0.05) is 29.4 Å². The number of nitrogens with zero attached hydrogens (tertiary/aromatic N) is 2. The first-order chi connectivity index (χ1) is 11.0. The van der Waals surface area contributed by atoms with Crippen molar-refractivity contribution in [3.05, 3.63) is 47.2 Å². The molecule has 6 nitrogen and oxygen atoms in total. The predicted molar refractivity (Wildman–Crippen MR) is 84.7 cm³/mol. The van der Waals surface area contributed by atoms with Gasteiger partial charge in [0.15, 0.2) is 5.82 Å². The molecular weight excluding hydrogens is 294 g/mol. The van der Waals surface area contributed by atoms with Crippen LogP contribution in [0, 0.1) is 19.8 Å². The molecule has 3 rings (SSSR count). The van der Waals surface area contributed by atoms with Crippen molar-refractivity contribution < 1.29 is 14.1 Å². The van der Waals surface area contributed by atoms with E-state index in [9.17, 15) is 9.59 Å². The van der Waals surface area contributed by atoms with E-state index in [2.05, 4.69) is 10.5 Å². The lowest BCUT2D eigenvalue weighted by Gasteiger charge is -2.13. The fourth-order valence-electron chi connectivity index (χ4n) is 2.72. The van der Waals surface area contributed by atoms with E-state index in [-0.39, 0.29) is 24.2 Å². The number of hydrogen-bond donors (Lipinski definition) is 1. The summed E-state index contributed by atoms with van der Waals surface area (Å²) in [6.45, 7) is 4.59. The zero-order chi connectivity index (χ0) is 16.4. The molecule has 1 aliphatic heterocycles. The summed E-state index contributed by atoms with van der Waals surface area (Å²) in [5.74, 6) is 0.546. The van der Waals surface area contributed by atoms with Crippen molar-refractivity contribution in [3.63, 3.8) is 0 Å². The maximum atomic E-state index is 12.3. The van der Waals surface area contributed by atoms with E-state index in [0.717, 1.165) is 11.1 Å². The first-order valence-electron chi connectivity index (χ1n) is 7.60. The van der Waals surface area contributed by atoms with E-state index in [1.165, 1.54) is 4.90 Å². The second-order valence-electron chi connectivity index (χ2n) is 5.85. The van der Waals surface area contributed by atoms with E-state index in [1.807, 2.05) is 31.2 Å². The maximum absolute atomic E-state index is 12.3. The molecule has 0 aliphatic carbocycles. The molecule has 0 radical (unpaired) electrons. The van der Waals surface area contributed by atoms with Crippen LogP contribution in [-0.4, -0.2) is 23.5 Å². The minimum Gasteiger partial charge on any atom is -0.360 e. The van der Waals surface area contributed by atoms with Crippen LogP contribution in [0.1, 0.15) is 23.3 Å². The number of amides is 2. The van der Waals surface area contributed by atoms with Crippen LogP contribution in [0.3, 0.4) is 0 Å². The summed E-state index contributed by atoms with van der Waals surface area (Å²) in [4.78, 5) is 25.9. The van der Waals surface area contributed by atoms with E-state index in [4.69, 9.17) is 4.52 Å². The Kier molecular flexibility index (Phi) is 4.14. The molecule has 1 aromatic carbocycles. The maximum Gasteiger partial charge on any atom is 0.229 e. The van der Waals surface area contributed by atoms with Gasteiger partial charge in [0.1, 0.15) is 5.76 Å². The standard InChI is InChI=1S/C17H19N3O3/c1-11-5-3-4-6-13(11)9-18-17(22)14-8-16(21)20(10-14)15-7-12(2)23-19-15/h3-7,14H,8-10H2,1-2H3,(H,18,22). The summed E-state index contributed by atoms with van der Waals surface area (Å²) in [6.07, 6.45) is 0.200. The van der Waals surface area contributed by atoms with Crippen LogP contribution in [-0.2, 0) is 16.1 Å². The van der Waals surface area contributed by atoms with Gasteiger partial charge in [-0.25, -0.2) is 0 Å². The highest BCUT2D eigenvalue weighted by atomic mass is 16.5. The SMILES string of the molecule is Cc1cc(N2CC(C(=O)NCc3ccccc3C)CC2=O)no1. The number of benzene rings is 1. The molecule has 2 amide bonds. The van der Waals surface area contributed by atoms with Crippen molar-refractivity contribution in [1.29, 1.82) is 0 Å². The Labute approximate surface area is 134 Å². The van der Waals surface area contributed by atoms with Gasteiger partial charge >= 0.3 is 0 Å². The number of carbonyl (C=O) groups excluding carboxylic acids is 2. The monoisotopic (exact) mass is 313 g/mol. The van der Waals surface area contributed by atoms with Gasteiger partial charge in [-0.05, 0) is 25.0 Å². The molecule has 2 heterocycles. The summed E-state index contributed by atoms with van der Waals surface area (Å²) in [5, 5.41) is 6.76. The average molecular weight is 313 g/mol. The Balaban J connectivity index is 1.61. The van der Waals surface area contributed by atoms with E-state index in [0.29, 0.717) is 24.7 Å². The Morgan fingerprint density at radius 2 is 2.17 bits per heavy atom. The minimum absolute atomic E-state index is 0.102. The molecule has 1 fully saturated rings. The van der Waals surface area contributed by atoms with Crippen LogP contribution in [0.4, 0.5) is 5.82 Å². The van der Waals surface area contributed by atoms with Crippen molar-refractivity contribution in [2.45, 2.75) is 26.8 Å². The van der Waals surface area contributed by atoms with Crippen LogP contribution < -0.4 is 10.2 Å². The molecule has 0 spiro atoms. The van der Waals surface area contributed by atoms with E-state index in [1.54, 1.807) is 13.0 Å². The summed E-state index contributed by atoms with van der Waals surface area (Å²) in [6, 6.07) is 9.61. The smallest absolute Gasteiger partial charge is 0.229 e. The molecule has 1 atom stereocenters. The van der Waals surface area contributed by atoms with Crippen LogP contribution in [0.15, 0.2) is 34.9 Å². The second-order valence-corrected chi connectivity index (χ2v) is 5.85. The molecule has 1 unspecified atom stereocenters. The molecule has 0 bridgehead atoms. The Bertz CT molecular complexity index is 738. The molecule has 2 aromatic rings. The summed E-state index contributed by atoms with van der Waals surface area (Å²) < 4.78 is 5.00. The van der Waals surface area contributed by atoms with Crippen LogP contribution >= 0.6 is 0 Å². The summed E-state index contributed by atoms with van der Waals surface area (Å²) in [7, 11) is 0. The van der Waals surface area contributed by atoms with Crippen molar-refractivity contribution in [2.24, 2.45) is 5.92 Å². The summed E-state index contributed by atoms with van der Waals surface area (Å²) in [5.41, 5.74) is 2.21. The molecule has 1 aliphatic rings. The lowest BCUT2D eigenvalue weighted by atomic mass is 10.1. The number of hydrogen-bond acceptors (Lipinski definition) is 4. The number of rotatable bonds is 4. The zero-order valence-electron chi connectivity index (χ0n) is 13.2. The van der Waals surface area contributed by atoms with Gasteiger partial charge < -0.3 is 9.84 Å². The fourth-order valence-corrected chi connectivity index (χ4v) is 2.72. The second kappa shape index (κ2) is 6.24. The molecule has 6 heteroatoms. The third-order valence-electron chi connectivity index (χ3n) is 4.10. The number of nitrogens with one attached hydrogen (secondary N) is 1. The number of aryl methyl sites for hydroxylation is 2. The van der Waals surface area contributed by atoms with Crippen molar-refractivity contribution in [3.8, 4) is 0 Å². The van der Waals surface area contributed by atoms with E-state index >= 15 is 0 Å². The normalized spacial score (nSPS) is 17.6. The van der Waals surface area contributed by atoms with Gasteiger partial charge in [0, 0.05) is 25.6 Å². The first-order valence-corrected chi connectivity index (χ1v) is 7.60. The topological polar surface area (TPSA) is 75.4 Å². The van der Waals surface area contributed by atoms with Crippen molar-refractivity contribution in [2.75, 3.05) is 11.4 Å². The van der Waals surface area contributed by atoms with Crippen LogP contribution in [0.25, 0.3) is 0 Å². The Hall–Kier alpha value is -2.63. The molecule has 1 aromatic heterocycles. The summed E-state index contributed by atoms with van der Waals surface area (Å²) >= 11 is 0. The van der Waals surface area contributed by atoms with Gasteiger partial charge in [0.05, 0.1) is 5.92 Å². The molecular formula is C17H19N3O3. The molecule has 0 saturated carbocycles. The van der Waals surface area contributed by atoms with Crippen molar-refractivity contribution >= 4 is 17.6 Å². The largest absolute Gasteiger partial charge is 0.360 e. The third kappa shape index (κ3) is 3.26. The van der Waals surface area contributed by atoms with Gasteiger partial charge in [0.2, 0.25) is 11.8 Å². The highest BCUT2D eigenvalue weighted by Crippen LogP contribution is 2.24. The molecule has 1 saturated heterocycles. The first kappa shape index (κ1) is 15.3. The van der Waals surface area contributed by atoms with Gasteiger partial charge in [-0.2, -0.15) is 0 Å². The third-order valence-corrected chi connectivity index (χ3v) is 4.10. The Morgan fingerprint density at radius 3 is 2.87 bits per heavy atom. The number of anilines is 1. The Morgan fingerprint density at radius 1 is 1.39 bits per heavy atom. The lowest BCUT2D eigenvalue weighted by Crippen LogP contribution is -2.32. The van der Waals surface area contributed by atoms with Gasteiger partial charge in [-0.3, -0.25) is 14.5 Å². The van der Waals surface area contributed by atoms with Gasteiger partial charge in [-0.15, -0.1) is 0 Å². The van der Waals surface area contributed by atoms with Crippen LogP contribution in [0.2, 0.25) is 0 Å². The fraction of sp³-hybridized carbons (Fsp3) is 0.353. The molecule has 23 heavy (non-hydrogen) atoms. The van der Waals surface area contributed by atoms with E-state index < -0.39 is 0 Å². The van der Waals surface area contributed by atoms with Gasteiger partial charge in [0.25, 0.3) is 0 Å². The molecule has 1 N–H and O–H groups in total.